The van der Waals surface area contributed by atoms with Gasteiger partial charge in [0, 0.05) is 25.0 Å². The number of nitrogens with one attached hydrogen (secondary N) is 1. The second kappa shape index (κ2) is 7.29. The number of likely N-dealkylation sites (tertiary alicyclic amines) is 1. The Bertz CT molecular complexity index is 843. The summed E-state index contributed by atoms with van der Waals surface area (Å²) in [6.45, 7) is 4.74. The number of nitrogens with zero attached hydrogens (tertiary/aromatic N) is 3. The van der Waals surface area contributed by atoms with Crippen molar-refractivity contribution in [1.82, 2.24) is 9.47 Å². The van der Waals surface area contributed by atoms with E-state index in [9.17, 15) is 14.9 Å². The monoisotopic (exact) mass is 356 g/mol. The summed E-state index contributed by atoms with van der Waals surface area (Å²) in [7, 11) is 2.01. The van der Waals surface area contributed by atoms with Gasteiger partial charge in [0.25, 0.3) is 5.69 Å². The molecule has 1 saturated heterocycles. The van der Waals surface area contributed by atoms with E-state index in [1.54, 1.807) is 13.0 Å². The van der Waals surface area contributed by atoms with Crippen LogP contribution in [0.5, 0.6) is 0 Å². The fraction of sp³-hybridized carbons (Fsp3) is 0.421. The van der Waals surface area contributed by atoms with Gasteiger partial charge in [-0.1, -0.05) is 6.07 Å². The van der Waals surface area contributed by atoms with Crippen molar-refractivity contribution in [3.05, 3.63) is 57.4 Å². The Balaban J connectivity index is 1.76. The standard InChI is InChI=1S/C19H24N4O3/c1-13-8-9-17(23(25)26)19(14(13)2)20-18(24)12-22-11-5-7-16(22)15-6-4-10-21(15)3/h4,6,8-10,16H,5,7,11-12H2,1-3H3,(H,20,24)/t16-/m1/s1. The van der Waals surface area contributed by atoms with Gasteiger partial charge in [-0.05, 0) is 56.5 Å². The molecule has 2 heterocycles. The Morgan fingerprint density at radius 1 is 1.35 bits per heavy atom. The molecule has 0 aliphatic carbocycles. The number of anilines is 1. The summed E-state index contributed by atoms with van der Waals surface area (Å²) in [5.74, 6) is -0.220. The second-order valence-corrected chi connectivity index (χ2v) is 6.88. The lowest BCUT2D eigenvalue weighted by atomic mass is 10.1. The van der Waals surface area contributed by atoms with Gasteiger partial charge in [0.05, 0.1) is 17.5 Å². The number of nitro groups is 1. The van der Waals surface area contributed by atoms with Crippen molar-refractivity contribution >= 4 is 17.3 Å². The summed E-state index contributed by atoms with van der Waals surface area (Å²) in [6, 6.07) is 7.44. The minimum atomic E-state index is -0.454. The highest BCUT2D eigenvalue weighted by Gasteiger charge is 2.29. The van der Waals surface area contributed by atoms with Crippen LogP contribution in [0.3, 0.4) is 0 Å². The summed E-state index contributed by atoms with van der Waals surface area (Å²) >= 11 is 0. The Labute approximate surface area is 152 Å². The maximum atomic E-state index is 12.6. The summed E-state index contributed by atoms with van der Waals surface area (Å²) in [4.78, 5) is 25.6. The molecular formula is C19H24N4O3. The second-order valence-electron chi connectivity index (χ2n) is 6.88. The first-order valence-corrected chi connectivity index (χ1v) is 8.78. The lowest BCUT2D eigenvalue weighted by Crippen LogP contribution is -2.33. The van der Waals surface area contributed by atoms with E-state index >= 15 is 0 Å². The summed E-state index contributed by atoms with van der Waals surface area (Å²) < 4.78 is 2.08. The van der Waals surface area contributed by atoms with Crippen LogP contribution in [-0.4, -0.2) is 33.4 Å². The van der Waals surface area contributed by atoms with Crippen LogP contribution in [0, 0.1) is 24.0 Å². The lowest BCUT2D eigenvalue weighted by molar-refractivity contribution is -0.384. The van der Waals surface area contributed by atoms with Crippen molar-refractivity contribution in [1.29, 1.82) is 0 Å². The Morgan fingerprint density at radius 2 is 2.12 bits per heavy atom. The fourth-order valence-electron chi connectivity index (χ4n) is 3.65. The number of benzene rings is 1. The Morgan fingerprint density at radius 3 is 2.77 bits per heavy atom. The van der Waals surface area contributed by atoms with Gasteiger partial charge in [-0.25, -0.2) is 0 Å². The van der Waals surface area contributed by atoms with E-state index in [-0.39, 0.29) is 24.2 Å². The van der Waals surface area contributed by atoms with Crippen LogP contribution in [-0.2, 0) is 11.8 Å². The molecule has 7 nitrogen and oxygen atoms in total. The third kappa shape index (κ3) is 3.48. The first kappa shape index (κ1) is 18.1. The molecule has 138 valence electrons. The normalized spacial score (nSPS) is 17.4. The highest BCUT2D eigenvalue weighted by atomic mass is 16.6. The number of carbonyl (C=O) groups is 1. The van der Waals surface area contributed by atoms with Crippen LogP contribution >= 0.6 is 0 Å². The molecule has 1 atom stereocenters. The van der Waals surface area contributed by atoms with Gasteiger partial charge in [0.15, 0.2) is 0 Å². The van der Waals surface area contributed by atoms with Crippen molar-refractivity contribution in [2.45, 2.75) is 32.7 Å². The molecule has 2 aromatic rings. The molecule has 0 spiro atoms. The van der Waals surface area contributed by atoms with Crippen molar-refractivity contribution in [3.8, 4) is 0 Å². The molecule has 0 unspecified atom stereocenters. The topological polar surface area (TPSA) is 80.4 Å². The number of aryl methyl sites for hydroxylation is 2. The number of hydrogen-bond acceptors (Lipinski definition) is 4. The van der Waals surface area contributed by atoms with Crippen LogP contribution < -0.4 is 5.32 Å². The van der Waals surface area contributed by atoms with E-state index in [1.807, 2.05) is 26.2 Å². The van der Waals surface area contributed by atoms with E-state index in [0.29, 0.717) is 5.69 Å². The van der Waals surface area contributed by atoms with Crippen LogP contribution in [0.25, 0.3) is 0 Å². The number of aromatic nitrogens is 1. The largest absolute Gasteiger partial charge is 0.353 e. The average molecular weight is 356 g/mol. The van der Waals surface area contributed by atoms with E-state index in [0.717, 1.165) is 30.5 Å². The van der Waals surface area contributed by atoms with Crippen molar-refractivity contribution in [2.24, 2.45) is 7.05 Å². The van der Waals surface area contributed by atoms with Gasteiger partial charge in [-0.2, -0.15) is 0 Å². The molecule has 1 fully saturated rings. The number of amides is 1. The molecule has 1 aliphatic heterocycles. The third-order valence-electron chi connectivity index (χ3n) is 5.21. The minimum absolute atomic E-state index is 0.0677. The zero-order valence-electron chi connectivity index (χ0n) is 15.4. The molecule has 3 rings (SSSR count). The molecule has 1 amide bonds. The molecule has 1 N–H and O–H groups in total. The quantitative estimate of drug-likeness (QED) is 0.658. The third-order valence-corrected chi connectivity index (χ3v) is 5.21. The van der Waals surface area contributed by atoms with E-state index in [4.69, 9.17) is 0 Å². The molecule has 7 heteroatoms. The van der Waals surface area contributed by atoms with Crippen LogP contribution in [0.4, 0.5) is 11.4 Å². The Hall–Kier alpha value is -2.67. The molecule has 0 bridgehead atoms. The fourth-order valence-corrected chi connectivity index (χ4v) is 3.65. The van der Waals surface area contributed by atoms with Crippen molar-refractivity contribution in [2.75, 3.05) is 18.4 Å². The molecule has 1 aromatic carbocycles. The first-order chi connectivity index (χ1) is 12.4. The van der Waals surface area contributed by atoms with Gasteiger partial charge in [-0.15, -0.1) is 0 Å². The Kier molecular flexibility index (Phi) is 5.08. The predicted molar refractivity (Wildman–Crippen MR) is 100 cm³/mol. The number of carbonyl (C=O) groups excluding carboxylic acids is 1. The molecule has 0 radical (unpaired) electrons. The van der Waals surface area contributed by atoms with Crippen molar-refractivity contribution < 1.29 is 9.72 Å². The summed E-state index contributed by atoms with van der Waals surface area (Å²) in [5.41, 5.74) is 3.06. The molecule has 26 heavy (non-hydrogen) atoms. The summed E-state index contributed by atoms with van der Waals surface area (Å²) in [6.07, 6.45) is 4.05. The SMILES string of the molecule is Cc1ccc([N+](=O)[O-])c(NC(=O)CN2CCC[C@@H]2c2cccn2C)c1C. The van der Waals surface area contributed by atoms with Gasteiger partial charge in [0.1, 0.15) is 5.69 Å². The molecule has 1 aliphatic rings. The van der Waals surface area contributed by atoms with Gasteiger partial charge >= 0.3 is 0 Å². The highest BCUT2D eigenvalue weighted by Crippen LogP contribution is 2.33. The smallest absolute Gasteiger partial charge is 0.293 e. The highest BCUT2D eigenvalue weighted by molar-refractivity contribution is 5.95. The first-order valence-electron chi connectivity index (χ1n) is 8.78. The van der Waals surface area contributed by atoms with Gasteiger partial charge in [0.2, 0.25) is 5.91 Å². The van der Waals surface area contributed by atoms with E-state index in [1.165, 1.54) is 11.8 Å². The molecular weight excluding hydrogens is 332 g/mol. The molecule has 1 aromatic heterocycles. The van der Waals surface area contributed by atoms with Crippen LogP contribution in [0.2, 0.25) is 0 Å². The lowest BCUT2D eigenvalue weighted by Gasteiger charge is -2.24. The number of hydrogen-bond donors (Lipinski definition) is 1. The van der Waals surface area contributed by atoms with E-state index in [2.05, 4.69) is 20.9 Å². The van der Waals surface area contributed by atoms with Crippen molar-refractivity contribution in [3.63, 3.8) is 0 Å². The predicted octanol–water partition coefficient (Wildman–Crippen LogP) is 3.33. The molecule has 0 saturated carbocycles. The number of rotatable bonds is 5. The van der Waals surface area contributed by atoms with E-state index < -0.39 is 4.92 Å². The number of nitro benzene ring substituents is 1. The maximum Gasteiger partial charge on any atom is 0.293 e. The van der Waals surface area contributed by atoms with Gasteiger partial charge < -0.3 is 9.88 Å². The zero-order valence-corrected chi connectivity index (χ0v) is 15.4. The summed E-state index contributed by atoms with van der Waals surface area (Å²) in [5, 5.41) is 14.1. The van der Waals surface area contributed by atoms with Gasteiger partial charge in [-0.3, -0.25) is 19.8 Å². The van der Waals surface area contributed by atoms with Crippen LogP contribution in [0.15, 0.2) is 30.5 Å². The van der Waals surface area contributed by atoms with Crippen LogP contribution in [0.1, 0.15) is 35.7 Å². The average Bonchev–Trinajstić information content (AvgIpc) is 3.20. The maximum absolute atomic E-state index is 12.6. The minimum Gasteiger partial charge on any atom is -0.353 e. The zero-order chi connectivity index (χ0) is 18.8.